The predicted molar refractivity (Wildman–Crippen MR) is 159 cm³/mol. The molecule has 0 unspecified atom stereocenters. The first-order chi connectivity index (χ1) is 18.5. The molecular formula is C34H40N4. The van der Waals surface area contributed by atoms with Crippen LogP contribution >= 0.6 is 0 Å². The monoisotopic (exact) mass is 504 g/mol. The number of piperazine rings is 1. The molecule has 1 N–H and O–H groups in total. The minimum atomic E-state index is 0.691. The van der Waals surface area contributed by atoms with Gasteiger partial charge in [0.1, 0.15) is 5.82 Å². The van der Waals surface area contributed by atoms with Crippen LogP contribution in [0.15, 0.2) is 79.0 Å². The number of aryl methyl sites for hydroxylation is 1. The molecule has 1 saturated heterocycles. The number of nitrogens with zero attached hydrogens (tertiary/aromatic N) is 3. The van der Waals surface area contributed by atoms with Gasteiger partial charge in [-0.25, -0.2) is 4.98 Å². The summed E-state index contributed by atoms with van der Waals surface area (Å²) in [5.74, 6) is 2.42. The fraction of sp³-hybridized carbons (Fsp3) is 0.382. The first-order valence-corrected chi connectivity index (χ1v) is 14.3. The van der Waals surface area contributed by atoms with Crippen molar-refractivity contribution in [1.29, 1.82) is 0 Å². The van der Waals surface area contributed by atoms with E-state index in [1.807, 2.05) is 0 Å². The van der Waals surface area contributed by atoms with Gasteiger partial charge in [-0.05, 0) is 92.3 Å². The van der Waals surface area contributed by atoms with Crippen molar-refractivity contribution in [2.45, 2.75) is 44.9 Å². The molecule has 3 aromatic carbocycles. The number of nitrogens with one attached hydrogen (secondary N) is 1. The van der Waals surface area contributed by atoms with Gasteiger partial charge in [0.05, 0.1) is 11.0 Å². The lowest BCUT2D eigenvalue weighted by Gasteiger charge is -2.37. The summed E-state index contributed by atoms with van der Waals surface area (Å²) in [5, 5.41) is 0. The number of allylic oxidation sites excluding steroid dienone is 1. The van der Waals surface area contributed by atoms with Gasteiger partial charge in [0.2, 0.25) is 0 Å². The minimum absolute atomic E-state index is 0.691. The Balaban J connectivity index is 1.04. The third kappa shape index (κ3) is 5.42. The summed E-state index contributed by atoms with van der Waals surface area (Å²) in [4.78, 5) is 13.2. The summed E-state index contributed by atoms with van der Waals surface area (Å²) < 4.78 is 0. The zero-order valence-electron chi connectivity index (χ0n) is 22.9. The number of hydrogen-bond acceptors (Lipinski definition) is 3. The lowest BCUT2D eigenvalue weighted by atomic mass is 9.77. The molecule has 1 aromatic heterocycles. The standard InChI is InChI=1S/C34H40N4/c1-24-4-17-32-33(22-24)36-34(35-32)31-15-13-30(14-16-31)29-11-9-28(10-12-29)27-7-5-26(6-8-27)23-25(2)38-20-18-37(3)19-21-38/h4,9-17,22,26-27H,2,5-8,18-21,23H2,1,3H3,(H,35,36). The number of likely N-dealkylation sites (N-methyl/N-ethyl adjacent to an activating group) is 1. The van der Waals surface area contributed by atoms with Gasteiger partial charge in [0.25, 0.3) is 0 Å². The van der Waals surface area contributed by atoms with Crippen LogP contribution in [0.3, 0.4) is 0 Å². The van der Waals surface area contributed by atoms with E-state index in [0.29, 0.717) is 5.92 Å². The smallest absolute Gasteiger partial charge is 0.138 e. The molecule has 0 amide bonds. The second kappa shape index (κ2) is 10.8. The molecule has 2 heterocycles. The third-order valence-corrected chi connectivity index (χ3v) is 8.83. The second-order valence-corrected chi connectivity index (χ2v) is 11.6. The number of benzene rings is 3. The van der Waals surface area contributed by atoms with Gasteiger partial charge in [-0.1, -0.05) is 61.2 Å². The van der Waals surface area contributed by atoms with Crippen molar-refractivity contribution in [3.8, 4) is 22.5 Å². The lowest BCUT2D eigenvalue weighted by Crippen LogP contribution is -2.43. The van der Waals surface area contributed by atoms with Crippen LogP contribution in [-0.4, -0.2) is 53.0 Å². The van der Waals surface area contributed by atoms with Crippen molar-refractivity contribution in [3.05, 3.63) is 90.1 Å². The number of rotatable bonds is 6. The average Bonchev–Trinajstić information content (AvgIpc) is 3.37. The summed E-state index contributed by atoms with van der Waals surface area (Å²) in [5.41, 5.74) is 9.86. The molecule has 196 valence electrons. The van der Waals surface area contributed by atoms with E-state index in [0.717, 1.165) is 54.5 Å². The molecule has 2 aliphatic rings. The lowest BCUT2D eigenvalue weighted by molar-refractivity contribution is 0.175. The van der Waals surface area contributed by atoms with E-state index in [2.05, 4.69) is 102 Å². The molecule has 4 nitrogen and oxygen atoms in total. The van der Waals surface area contributed by atoms with Crippen molar-refractivity contribution in [2.24, 2.45) is 5.92 Å². The van der Waals surface area contributed by atoms with Crippen LogP contribution in [0.2, 0.25) is 0 Å². The first kappa shape index (κ1) is 24.9. The SMILES string of the molecule is C=C(CC1CCC(c2ccc(-c3ccc(-c4nc5ccc(C)cc5[nH]4)cc3)cc2)CC1)N1CCN(C)CC1. The minimum Gasteiger partial charge on any atom is -0.373 e. The normalized spacial score (nSPS) is 20.6. The zero-order chi connectivity index (χ0) is 26.1. The molecule has 0 radical (unpaired) electrons. The van der Waals surface area contributed by atoms with Crippen LogP contribution in [0.4, 0.5) is 0 Å². The number of fused-ring (bicyclic) bond motifs is 1. The Labute approximate surface area is 227 Å². The van der Waals surface area contributed by atoms with E-state index in [9.17, 15) is 0 Å². The van der Waals surface area contributed by atoms with Crippen LogP contribution in [0, 0.1) is 12.8 Å². The fourth-order valence-electron chi connectivity index (χ4n) is 6.31. The summed E-state index contributed by atoms with van der Waals surface area (Å²) in [6.45, 7) is 11.2. The quantitative estimate of drug-likeness (QED) is 0.293. The van der Waals surface area contributed by atoms with Gasteiger partial charge >= 0.3 is 0 Å². The molecule has 4 aromatic rings. The van der Waals surface area contributed by atoms with Gasteiger partial charge in [0, 0.05) is 37.4 Å². The summed E-state index contributed by atoms with van der Waals surface area (Å²) in [6, 6.07) is 24.4. The van der Waals surface area contributed by atoms with Crippen LogP contribution in [0.25, 0.3) is 33.5 Å². The molecule has 2 fully saturated rings. The van der Waals surface area contributed by atoms with Crippen LogP contribution in [0.1, 0.15) is 49.1 Å². The van der Waals surface area contributed by atoms with Gasteiger partial charge < -0.3 is 14.8 Å². The second-order valence-electron chi connectivity index (χ2n) is 11.6. The molecule has 4 heteroatoms. The first-order valence-electron chi connectivity index (χ1n) is 14.3. The van der Waals surface area contributed by atoms with Crippen LogP contribution < -0.4 is 0 Å². The van der Waals surface area contributed by atoms with Crippen molar-refractivity contribution in [2.75, 3.05) is 33.2 Å². The predicted octanol–water partition coefficient (Wildman–Crippen LogP) is 7.63. The van der Waals surface area contributed by atoms with Crippen molar-refractivity contribution < 1.29 is 0 Å². The van der Waals surface area contributed by atoms with Crippen LogP contribution in [-0.2, 0) is 0 Å². The average molecular weight is 505 g/mol. The molecule has 0 atom stereocenters. The largest absolute Gasteiger partial charge is 0.373 e. The van der Waals surface area contributed by atoms with E-state index in [4.69, 9.17) is 4.98 Å². The number of H-pyrrole nitrogens is 1. The van der Waals surface area contributed by atoms with Gasteiger partial charge in [-0.15, -0.1) is 0 Å². The molecule has 1 saturated carbocycles. The Bertz CT molecular complexity index is 1380. The maximum Gasteiger partial charge on any atom is 0.138 e. The molecule has 0 bridgehead atoms. The van der Waals surface area contributed by atoms with Gasteiger partial charge in [0.15, 0.2) is 0 Å². The summed E-state index contributed by atoms with van der Waals surface area (Å²) >= 11 is 0. The van der Waals surface area contributed by atoms with E-state index in [-0.39, 0.29) is 0 Å². The molecular weight excluding hydrogens is 464 g/mol. The molecule has 1 aliphatic heterocycles. The van der Waals surface area contributed by atoms with E-state index >= 15 is 0 Å². The highest BCUT2D eigenvalue weighted by molar-refractivity contribution is 5.80. The van der Waals surface area contributed by atoms with Crippen molar-refractivity contribution >= 4 is 11.0 Å². The summed E-state index contributed by atoms with van der Waals surface area (Å²) in [6.07, 6.45) is 6.42. The molecule has 6 rings (SSSR count). The van der Waals surface area contributed by atoms with E-state index in [1.54, 1.807) is 0 Å². The number of aromatic amines is 1. The van der Waals surface area contributed by atoms with E-state index < -0.39 is 0 Å². The Hall–Kier alpha value is -3.37. The number of aromatic nitrogens is 2. The molecule has 0 spiro atoms. The zero-order valence-corrected chi connectivity index (χ0v) is 22.9. The Morgan fingerprint density at radius 3 is 2.16 bits per heavy atom. The maximum atomic E-state index is 4.77. The fourth-order valence-corrected chi connectivity index (χ4v) is 6.31. The Morgan fingerprint density at radius 2 is 1.47 bits per heavy atom. The van der Waals surface area contributed by atoms with Gasteiger partial charge in [-0.3, -0.25) is 0 Å². The highest BCUT2D eigenvalue weighted by Gasteiger charge is 2.25. The maximum absolute atomic E-state index is 4.77. The van der Waals surface area contributed by atoms with Crippen molar-refractivity contribution in [3.63, 3.8) is 0 Å². The summed E-state index contributed by atoms with van der Waals surface area (Å²) in [7, 11) is 2.22. The topological polar surface area (TPSA) is 35.2 Å². The third-order valence-electron chi connectivity index (χ3n) is 8.83. The Kier molecular flexibility index (Phi) is 7.08. The highest BCUT2D eigenvalue weighted by atomic mass is 15.2. The Morgan fingerprint density at radius 1 is 0.842 bits per heavy atom. The molecule has 1 aliphatic carbocycles. The van der Waals surface area contributed by atoms with Crippen LogP contribution in [0.5, 0.6) is 0 Å². The number of imidazole rings is 1. The molecule has 38 heavy (non-hydrogen) atoms. The van der Waals surface area contributed by atoms with Gasteiger partial charge in [-0.2, -0.15) is 0 Å². The van der Waals surface area contributed by atoms with E-state index in [1.165, 1.54) is 60.1 Å². The highest BCUT2D eigenvalue weighted by Crippen LogP contribution is 2.39. The number of hydrogen-bond donors (Lipinski definition) is 1. The van der Waals surface area contributed by atoms with Crippen molar-refractivity contribution in [1.82, 2.24) is 19.8 Å².